The zero-order valence-electron chi connectivity index (χ0n) is 10.7. The largest absolute Gasteiger partial charge is 0.304 e. The van der Waals surface area contributed by atoms with Crippen LogP contribution in [-0.2, 0) is 13.6 Å². The fourth-order valence-electron chi connectivity index (χ4n) is 1.68. The molecule has 1 amide bonds. The third-order valence-corrected chi connectivity index (χ3v) is 2.65. The van der Waals surface area contributed by atoms with Gasteiger partial charge >= 0.3 is 0 Å². The minimum atomic E-state index is -0.162. The van der Waals surface area contributed by atoms with Crippen LogP contribution in [0.25, 0.3) is 0 Å². The van der Waals surface area contributed by atoms with E-state index in [-0.39, 0.29) is 5.91 Å². The van der Waals surface area contributed by atoms with Crippen molar-refractivity contribution < 1.29 is 4.79 Å². The lowest BCUT2D eigenvalue weighted by Gasteiger charge is -2.16. The average Bonchev–Trinajstić information content (AvgIpc) is 2.99. The molecule has 0 spiro atoms. The third-order valence-electron chi connectivity index (χ3n) is 2.65. The molecule has 7 nitrogen and oxygen atoms in total. The number of carbonyl (C=O) groups is 1. The standard InChI is InChI=1S/C11H16N6O/c1-4-16-8-10(13-14-16)11(18)17(5-2)9-6-12-15(3)7-9/h6-8H,4-5H2,1-3H3. The Morgan fingerprint density at radius 1 is 1.39 bits per heavy atom. The third kappa shape index (κ3) is 2.24. The molecule has 0 saturated carbocycles. The van der Waals surface area contributed by atoms with E-state index in [1.807, 2.05) is 20.9 Å². The van der Waals surface area contributed by atoms with E-state index < -0.39 is 0 Å². The predicted molar refractivity (Wildman–Crippen MR) is 66.3 cm³/mol. The molecule has 2 rings (SSSR count). The van der Waals surface area contributed by atoms with Gasteiger partial charge in [-0.2, -0.15) is 5.10 Å². The van der Waals surface area contributed by atoms with Crippen molar-refractivity contribution >= 4 is 11.6 Å². The van der Waals surface area contributed by atoms with Gasteiger partial charge in [-0.05, 0) is 13.8 Å². The van der Waals surface area contributed by atoms with Crippen LogP contribution in [0.5, 0.6) is 0 Å². The van der Waals surface area contributed by atoms with Crippen molar-refractivity contribution in [2.24, 2.45) is 7.05 Å². The Labute approximate surface area is 105 Å². The highest BCUT2D eigenvalue weighted by molar-refractivity contribution is 6.04. The second kappa shape index (κ2) is 4.99. The summed E-state index contributed by atoms with van der Waals surface area (Å²) in [5, 5.41) is 11.8. The molecule has 0 N–H and O–H groups in total. The smallest absolute Gasteiger partial charge is 0.280 e. The van der Waals surface area contributed by atoms with Crippen LogP contribution in [0.15, 0.2) is 18.6 Å². The molecule has 0 aromatic carbocycles. The van der Waals surface area contributed by atoms with E-state index >= 15 is 0 Å². The van der Waals surface area contributed by atoms with E-state index in [0.717, 1.165) is 5.69 Å². The molecule has 96 valence electrons. The lowest BCUT2D eigenvalue weighted by molar-refractivity contribution is 0.0983. The summed E-state index contributed by atoms with van der Waals surface area (Å²) >= 11 is 0. The highest BCUT2D eigenvalue weighted by atomic mass is 16.2. The first-order chi connectivity index (χ1) is 8.65. The van der Waals surface area contributed by atoms with Crippen molar-refractivity contribution in [2.45, 2.75) is 20.4 Å². The zero-order valence-corrected chi connectivity index (χ0v) is 10.7. The normalized spacial score (nSPS) is 10.6. The Kier molecular flexibility index (Phi) is 3.40. The lowest BCUT2D eigenvalue weighted by Crippen LogP contribution is -2.30. The molecule has 2 aromatic rings. The maximum Gasteiger partial charge on any atom is 0.280 e. The fraction of sp³-hybridized carbons (Fsp3) is 0.455. The minimum Gasteiger partial charge on any atom is -0.304 e. The van der Waals surface area contributed by atoms with Crippen LogP contribution in [0.2, 0.25) is 0 Å². The summed E-state index contributed by atoms with van der Waals surface area (Å²) in [6.07, 6.45) is 5.11. The van der Waals surface area contributed by atoms with Crippen molar-refractivity contribution in [3.8, 4) is 0 Å². The molecule has 0 aliphatic carbocycles. The van der Waals surface area contributed by atoms with E-state index in [4.69, 9.17) is 0 Å². The van der Waals surface area contributed by atoms with E-state index in [0.29, 0.717) is 18.8 Å². The second-order valence-electron chi connectivity index (χ2n) is 3.88. The van der Waals surface area contributed by atoms with Gasteiger partial charge < -0.3 is 4.90 Å². The molecule has 0 bridgehead atoms. The predicted octanol–water partition coefficient (Wildman–Crippen LogP) is 0.698. The highest BCUT2D eigenvalue weighted by Crippen LogP contribution is 2.14. The van der Waals surface area contributed by atoms with Gasteiger partial charge in [-0.25, -0.2) is 0 Å². The summed E-state index contributed by atoms with van der Waals surface area (Å²) < 4.78 is 3.29. The van der Waals surface area contributed by atoms with Crippen molar-refractivity contribution in [1.82, 2.24) is 24.8 Å². The number of hydrogen-bond donors (Lipinski definition) is 0. The Morgan fingerprint density at radius 2 is 2.17 bits per heavy atom. The van der Waals surface area contributed by atoms with Crippen LogP contribution < -0.4 is 4.90 Å². The summed E-state index contributed by atoms with van der Waals surface area (Å²) in [5.41, 5.74) is 1.11. The lowest BCUT2D eigenvalue weighted by atomic mass is 10.3. The number of anilines is 1. The van der Waals surface area contributed by atoms with Gasteiger partial charge in [-0.3, -0.25) is 14.2 Å². The summed E-state index contributed by atoms with van der Waals surface area (Å²) in [7, 11) is 1.81. The van der Waals surface area contributed by atoms with Gasteiger partial charge in [0.1, 0.15) is 0 Å². The first-order valence-corrected chi connectivity index (χ1v) is 5.86. The number of carbonyl (C=O) groups excluding carboxylic acids is 1. The molecule has 2 heterocycles. The molecule has 2 aromatic heterocycles. The van der Waals surface area contributed by atoms with Crippen LogP contribution in [0.1, 0.15) is 24.3 Å². The van der Waals surface area contributed by atoms with Crippen LogP contribution in [0.3, 0.4) is 0 Å². The van der Waals surface area contributed by atoms with Crippen molar-refractivity contribution in [3.05, 3.63) is 24.3 Å². The second-order valence-corrected chi connectivity index (χ2v) is 3.88. The molecule has 7 heteroatoms. The van der Waals surface area contributed by atoms with Gasteiger partial charge in [-0.15, -0.1) is 5.10 Å². The van der Waals surface area contributed by atoms with Crippen LogP contribution >= 0.6 is 0 Å². The van der Waals surface area contributed by atoms with E-state index in [9.17, 15) is 4.79 Å². The Morgan fingerprint density at radius 3 is 2.67 bits per heavy atom. The number of hydrogen-bond acceptors (Lipinski definition) is 4. The highest BCUT2D eigenvalue weighted by Gasteiger charge is 2.20. The van der Waals surface area contributed by atoms with Crippen LogP contribution in [0.4, 0.5) is 5.69 Å². The first-order valence-electron chi connectivity index (χ1n) is 5.86. The first kappa shape index (κ1) is 12.3. The van der Waals surface area contributed by atoms with Gasteiger partial charge in [0, 0.05) is 26.3 Å². The number of amides is 1. The molecule has 0 unspecified atom stereocenters. The van der Waals surface area contributed by atoms with Crippen LogP contribution in [-0.4, -0.2) is 37.2 Å². The quantitative estimate of drug-likeness (QED) is 0.798. The Hall–Kier alpha value is -2.18. The zero-order chi connectivity index (χ0) is 13.1. The number of aromatic nitrogens is 5. The summed E-state index contributed by atoms with van der Waals surface area (Å²) in [6.45, 7) is 5.11. The van der Waals surface area contributed by atoms with Gasteiger partial charge in [0.2, 0.25) is 0 Å². The average molecular weight is 248 g/mol. The van der Waals surface area contributed by atoms with Crippen LogP contribution in [0, 0.1) is 0 Å². The van der Waals surface area contributed by atoms with Crippen molar-refractivity contribution in [2.75, 3.05) is 11.4 Å². The Bertz CT molecular complexity index is 543. The SMILES string of the molecule is CCN(C(=O)c1cn(CC)nn1)c1cnn(C)c1. The van der Waals surface area contributed by atoms with Gasteiger partial charge in [0.05, 0.1) is 18.1 Å². The van der Waals surface area contributed by atoms with E-state index in [1.165, 1.54) is 0 Å². The molecule has 0 fully saturated rings. The molecule has 0 saturated heterocycles. The van der Waals surface area contributed by atoms with Crippen molar-refractivity contribution in [1.29, 1.82) is 0 Å². The number of rotatable bonds is 4. The summed E-state index contributed by atoms with van der Waals surface area (Å²) in [4.78, 5) is 13.9. The maximum atomic E-state index is 12.3. The van der Waals surface area contributed by atoms with Crippen molar-refractivity contribution in [3.63, 3.8) is 0 Å². The fourth-order valence-corrected chi connectivity index (χ4v) is 1.68. The number of aryl methyl sites for hydroxylation is 2. The number of nitrogens with zero attached hydrogens (tertiary/aromatic N) is 6. The molecule has 0 aliphatic heterocycles. The molecule has 0 atom stereocenters. The minimum absolute atomic E-state index is 0.162. The van der Waals surface area contributed by atoms with Gasteiger partial charge in [0.25, 0.3) is 5.91 Å². The monoisotopic (exact) mass is 248 g/mol. The molecular formula is C11H16N6O. The van der Waals surface area contributed by atoms with Gasteiger partial charge in [-0.1, -0.05) is 5.21 Å². The molecular weight excluding hydrogens is 232 g/mol. The van der Waals surface area contributed by atoms with Gasteiger partial charge in [0.15, 0.2) is 5.69 Å². The van der Waals surface area contributed by atoms with E-state index in [2.05, 4.69) is 15.4 Å². The Balaban J connectivity index is 2.25. The molecule has 0 aliphatic rings. The van der Waals surface area contributed by atoms with E-state index in [1.54, 1.807) is 32.9 Å². The summed E-state index contributed by atoms with van der Waals surface area (Å²) in [6, 6.07) is 0. The maximum absolute atomic E-state index is 12.3. The topological polar surface area (TPSA) is 68.8 Å². The molecule has 0 radical (unpaired) electrons. The summed E-state index contributed by atoms with van der Waals surface area (Å²) in [5.74, 6) is -0.162. The molecule has 18 heavy (non-hydrogen) atoms.